The topological polar surface area (TPSA) is 62.8 Å². The van der Waals surface area contributed by atoms with E-state index in [9.17, 15) is 0 Å². The van der Waals surface area contributed by atoms with Gasteiger partial charge in [-0.25, -0.2) is 0 Å². The Labute approximate surface area is 88.6 Å². The van der Waals surface area contributed by atoms with E-state index in [0.29, 0.717) is 12.7 Å². The summed E-state index contributed by atoms with van der Waals surface area (Å²) in [7, 11) is 0. The largest absolute Gasteiger partial charge is 0.372 e. The highest BCUT2D eigenvalue weighted by molar-refractivity contribution is 4.92. The summed E-state index contributed by atoms with van der Waals surface area (Å²) >= 11 is 0. The van der Waals surface area contributed by atoms with E-state index < -0.39 is 0 Å². The van der Waals surface area contributed by atoms with E-state index in [1.807, 2.05) is 0 Å². The maximum absolute atomic E-state index is 5.83. The number of fused-ring (bicyclic) bond motifs is 1. The molecule has 1 aliphatic carbocycles. The van der Waals surface area contributed by atoms with Crippen molar-refractivity contribution >= 4 is 0 Å². The minimum atomic E-state index is 0.429. The van der Waals surface area contributed by atoms with Gasteiger partial charge in [0.25, 0.3) is 0 Å². The Balaban J connectivity index is 1.49. The number of aromatic nitrogens is 3. The van der Waals surface area contributed by atoms with Gasteiger partial charge in [0.05, 0.1) is 18.9 Å². The maximum Gasteiger partial charge on any atom is 0.108 e. The molecule has 0 bridgehead atoms. The molecule has 0 amide bonds. The molecule has 3 rings (SSSR count). The molecule has 2 N–H and O–H groups in total. The van der Waals surface area contributed by atoms with Gasteiger partial charge in [-0.1, -0.05) is 0 Å². The Morgan fingerprint density at radius 3 is 2.80 bits per heavy atom. The molecule has 1 saturated heterocycles. The molecule has 0 spiro atoms. The lowest BCUT2D eigenvalue weighted by Gasteiger charge is -2.11. The molecule has 5 nitrogen and oxygen atoms in total. The standard InChI is InChI=1S/C10H16N4O/c1-7-3-11-4-8(7)2-10(1)15-6-9-5-12-14-13-9/h5,7-8,10-11H,1-4,6H2,(H,12,13,14)/t7-,8+,10?. The summed E-state index contributed by atoms with van der Waals surface area (Å²) in [5.74, 6) is 1.68. The Bertz CT molecular complexity index is 301. The molecule has 2 heterocycles. The van der Waals surface area contributed by atoms with Gasteiger partial charge >= 0.3 is 0 Å². The minimum absolute atomic E-state index is 0.429. The van der Waals surface area contributed by atoms with Crippen LogP contribution in [0.1, 0.15) is 18.5 Å². The molecule has 15 heavy (non-hydrogen) atoms. The van der Waals surface area contributed by atoms with Crippen LogP contribution in [-0.2, 0) is 11.3 Å². The summed E-state index contributed by atoms with van der Waals surface area (Å²) in [6, 6.07) is 0. The third kappa shape index (κ3) is 1.89. The first-order valence-electron chi connectivity index (χ1n) is 5.59. The molecule has 82 valence electrons. The Morgan fingerprint density at radius 1 is 1.33 bits per heavy atom. The average molecular weight is 208 g/mol. The monoisotopic (exact) mass is 208 g/mol. The average Bonchev–Trinajstić information content (AvgIpc) is 2.91. The maximum atomic E-state index is 5.83. The molecule has 0 radical (unpaired) electrons. The van der Waals surface area contributed by atoms with Gasteiger partial charge in [0.2, 0.25) is 0 Å². The van der Waals surface area contributed by atoms with Crippen LogP contribution in [0.15, 0.2) is 6.20 Å². The second-order valence-corrected chi connectivity index (χ2v) is 4.54. The molecule has 1 aromatic heterocycles. The summed E-state index contributed by atoms with van der Waals surface area (Å²) in [5, 5.41) is 13.8. The van der Waals surface area contributed by atoms with Gasteiger partial charge in [0.15, 0.2) is 0 Å². The predicted molar refractivity (Wildman–Crippen MR) is 54.0 cm³/mol. The van der Waals surface area contributed by atoms with Crippen molar-refractivity contribution in [1.29, 1.82) is 0 Å². The summed E-state index contributed by atoms with van der Waals surface area (Å²) in [6.45, 7) is 2.94. The van der Waals surface area contributed by atoms with Crippen LogP contribution < -0.4 is 5.32 Å². The number of hydrogen-bond donors (Lipinski definition) is 2. The van der Waals surface area contributed by atoms with Gasteiger partial charge < -0.3 is 10.1 Å². The predicted octanol–water partition coefficient (Wildman–Crippen LogP) is 0.319. The number of H-pyrrole nitrogens is 1. The minimum Gasteiger partial charge on any atom is -0.372 e. The fourth-order valence-electron chi connectivity index (χ4n) is 2.74. The molecule has 2 fully saturated rings. The smallest absolute Gasteiger partial charge is 0.108 e. The SMILES string of the molecule is c1n[nH]nc1COC1C[C@H]2CNC[C@H]2C1. The lowest BCUT2D eigenvalue weighted by atomic mass is 10.0. The summed E-state index contributed by atoms with van der Waals surface area (Å²) in [6.07, 6.45) is 4.56. The van der Waals surface area contributed by atoms with E-state index in [0.717, 1.165) is 17.5 Å². The van der Waals surface area contributed by atoms with Crippen LogP contribution >= 0.6 is 0 Å². The van der Waals surface area contributed by atoms with Crippen molar-refractivity contribution in [3.8, 4) is 0 Å². The van der Waals surface area contributed by atoms with Crippen molar-refractivity contribution in [2.24, 2.45) is 11.8 Å². The molecule has 1 saturated carbocycles. The third-order valence-corrected chi connectivity index (χ3v) is 3.54. The molecule has 1 aromatic rings. The number of aromatic amines is 1. The van der Waals surface area contributed by atoms with Crippen LogP contribution in [0.25, 0.3) is 0 Å². The quantitative estimate of drug-likeness (QED) is 0.751. The first kappa shape index (κ1) is 9.30. The Hall–Kier alpha value is -0.940. The van der Waals surface area contributed by atoms with Crippen LogP contribution in [0.3, 0.4) is 0 Å². The first-order valence-corrected chi connectivity index (χ1v) is 5.59. The zero-order valence-corrected chi connectivity index (χ0v) is 8.65. The van der Waals surface area contributed by atoms with Gasteiger partial charge in [0, 0.05) is 0 Å². The molecule has 1 aliphatic heterocycles. The molecule has 1 unspecified atom stereocenters. The fraction of sp³-hybridized carbons (Fsp3) is 0.800. The highest BCUT2D eigenvalue weighted by atomic mass is 16.5. The molecule has 0 aromatic carbocycles. The second kappa shape index (κ2) is 3.90. The number of ether oxygens (including phenoxy) is 1. The fourth-order valence-corrected chi connectivity index (χ4v) is 2.74. The van der Waals surface area contributed by atoms with Crippen molar-refractivity contribution < 1.29 is 4.74 Å². The number of nitrogens with zero attached hydrogens (tertiary/aromatic N) is 2. The third-order valence-electron chi connectivity index (χ3n) is 3.54. The number of hydrogen-bond acceptors (Lipinski definition) is 4. The number of nitrogens with one attached hydrogen (secondary N) is 2. The van der Waals surface area contributed by atoms with Crippen molar-refractivity contribution in [2.75, 3.05) is 13.1 Å². The van der Waals surface area contributed by atoms with Crippen LogP contribution in [0.5, 0.6) is 0 Å². The lowest BCUT2D eigenvalue weighted by Crippen LogP contribution is -2.16. The van der Waals surface area contributed by atoms with Crippen molar-refractivity contribution in [3.05, 3.63) is 11.9 Å². The van der Waals surface area contributed by atoms with Crippen LogP contribution in [0, 0.1) is 11.8 Å². The van der Waals surface area contributed by atoms with Crippen LogP contribution in [-0.4, -0.2) is 34.6 Å². The Morgan fingerprint density at radius 2 is 2.13 bits per heavy atom. The van der Waals surface area contributed by atoms with Gasteiger partial charge in [-0.3, -0.25) is 0 Å². The van der Waals surface area contributed by atoms with Crippen molar-refractivity contribution in [2.45, 2.75) is 25.6 Å². The molecular formula is C10H16N4O. The van der Waals surface area contributed by atoms with Crippen LogP contribution in [0.4, 0.5) is 0 Å². The van der Waals surface area contributed by atoms with Crippen molar-refractivity contribution in [1.82, 2.24) is 20.7 Å². The van der Waals surface area contributed by atoms with E-state index in [2.05, 4.69) is 20.7 Å². The van der Waals surface area contributed by atoms with E-state index in [4.69, 9.17) is 4.74 Å². The molecule has 5 heteroatoms. The lowest BCUT2D eigenvalue weighted by molar-refractivity contribution is 0.0385. The molecule has 3 atom stereocenters. The second-order valence-electron chi connectivity index (χ2n) is 4.54. The van der Waals surface area contributed by atoms with Gasteiger partial charge in [-0.05, 0) is 37.8 Å². The van der Waals surface area contributed by atoms with E-state index in [1.165, 1.54) is 25.9 Å². The summed E-state index contributed by atoms with van der Waals surface area (Å²) in [5.41, 5.74) is 0.894. The number of rotatable bonds is 3. The van der Waals surface area contributed by atoms with E-state index in [-0.39, 0.29) is 0 Å². The van der Waals surface area contributed by atoms with Gasteiger partial charge in [0.1, 0.15) is 5.69 Å². The zero-order valence-electron chi connectivity index (χ0n) is 8.65. The highest BCUT2D eigenvalue weighted by Gasteiger charge is 2.37. The molecular weight excluding hydrogens is 192 g/mol. The molecule has 2 aliphatic rings. The normalized spacial score (nSPS) is 34.5. The Kier molecular flexibility index (Phi) is 2.42. The first-order chi connectivity index (χ1) is 7.42. The summed E-state index contributed by atoms with van der Waals surface area (Å²) < 4.78 is 5.83. The highest BCUT2D eigenvalue weighted by Crippen LogP contribution is 2.36. The van der Waals surface area contributed by atoms with Crippen molar-refractivity contribution in [3.63, 3.8) is 0 Å². The van der Waals surface area contributed by atoms with Gasteiger partial charge in [-0.2, -0.15) is 15.4 Å². The summed E-state index contributed by atoms with van der Waals surface area (Å²) in [4.78, 5) is 0. The van der Waals surface area contributed by atoms with Gasteiger partial charge in [-0.15, -0.1) is 0 Å². The van der Waals surface area contributed by atoms with E-state index in [1.54, 1.807) is 6.20 Å². The zero-order chi connectivity index (χ0) is 10.1. The van der Waals surface area contributed by atoms with E-state index >= 15 is 0 Å². The van der Waals surface area contributed by atoms with Crippen LogP contribution in [0.2, 0.25) is 0 Å².